The number of aryl methyl sites for hydroxylation is 1. The molecule has 2 amide bonds. The Morgan fingerprint density at radius 3 is 2.61 bits per heavy atom. The van der Waals surface area contributed by atoms with Gasteiger partial charge in [-0.1, -0.05) is 5.21 Å². The zero-order chi connectivity index (χ0) is 21.6. The van der Waals surface area contributed by atoms with Crippen LogP contribution in [-0.4, -0.2) is 82.6 Å². The van der Waals surface area contributed by atoms with Gasteiger partial charge in [0.15, 0.2) is 5.69 Å². The van der Waals surface area contributed by atoms with E-state index in [1.165, 1.54) is 0 Å². The lowest BCUT2D eigenvalue weighted by molar-refractivity contribution is 0.0299. The fourth-order valence-corrected chi connectivity index (χ4v) is 4.18. The topological polar surface area (TPSA) is 89.8 Å². The Bertz CT molecular complexity index is 892. The zero-order valence-electron chi connectivity index (χ0n) is 17.9. The van der Waals surface area contributed by atoms with E-state index in [0.29, 0.717) is 44.1 Å². The Morgan fingerprint density at radius 2 is 1.87 bits per heavy atom. The summed E-state index contributed by atoms with van der Waals surface area (Å²) in [6.45, 7) is 3.64. The van der Waals surface area contributed by atoms with Crippen molar-refractivity contribution in [3.63, 3.8) is 0 Å². The van der Waals surface area contributed by atoms with Crippen molar-refractivity contribution in [2.24, 2.45) is 0 Å². The number of amides is 2. The number of hydrogen-bond donors (Lipinski definition) is 0. The van der Waals surface area contributed by atoms with E-state index in [4.69, 9.17) is 9.47 Å². The molecular formula is C22H29N5O4. The molecule has 1 aromatic carbocycles. The van der Waals surface area contributed by atoms with Gasteiger partial charge < -0.3 is 19.3 Å². The summed E-state index contributed by atoms with van der Waals surface area (Å²) in [7, 11) is 1.61. The number of piperidine rings is 1. The lowest BCUT2D eigenvalue weighted by Crippen LogP contribution is -2.44. The van der Waals surface area contributed by atoms with Crippen LogP contribution in [0.4, 0.5) is 0 Å². The average molecular weight is 428 g/mol. The van der Waals surface area contributed by atoms with Gasteiger partial charge in [0.2, 0.25) is 0 Å². The molecule has 0 aliphatic carbocycles. The molecule has 166 valence electrons. The van der Waals surface area contributed by atoms with Crippen molar-refractivity contribution in [3.05, 3.63) is 41.7 Å². The van der Waals surface area contributed by atoms with Crippen LogP contribution in [0.25, 0.3) is 0 Å². The lowest BCUT2D eigenvalue weighted by Gasteiger charge is -2.36. The summed E-state index contributed by atoms with van der Waals surface area (Å²) in [5.41, 5.74) is 1.03. The first-order valence-corrected chi connectivity index (χ1v) is 10.9. The third-order valence-electron chi connectivity index (χ3n) is 5.97. The molecule has 2 fully saturated rings. The lowest BCUT2D eigenvalue weighted by atomic mass is 9.98. The van der Waals surface area contributed by atoms with Crippen molar-refractivity contribution in [1.82, 2.24) is 24.8 Å². The second kappa shape index (κ2) is 9.91. The van der Waals surface area contributed by atoms with Gasteiger partial charge in [0.05, 0.1) is 26.5 Å². The maximum Gasteiger partial charge on any atom is 0.276 e. The van der Waals surface area contributed by atoms with E-state index in [9.17, 15) is 9.59 Å². The summed E-state index contributed by atoms with van der Waals surface area (Å²) >= 11 is 0. The van der Waals surface area contributed by atoms with Gasteiger partial charge >= 0.3 is 0 Å². The van der Waals surface area contributed by atoms with Gasteiger partial charge in [-0.3, -0.25) is 14.3 Å². The van der Waals surface area contributed by atoms with Crippen molar-refractivity contribution >= 4 is 11.8 Å². The van der Waals surface area contributed by atoms with Gasteiger partial charge in [-0.05, 0) is 49.9 Å². The normalized spacial score (nSPS) is 19.3. The van der Waals surface area contributed by atoms with Crippen molar-refractivity contribution in [3.8, 4) is 5.75 Å². The van der Waals surface area contributed by atoms with Gasteiger partial charge in [0.25, 0.3) is 11.8 Å². The molecule has 0 bridgehead atoms. The molecule has 0 saturated carbocycles. The van der Waals surface area contributed by atoms with E-state index in [-0.39, 0.29) is 17.9 Å². The highest BCUT2D eigenvalue weighted by Crippen LogP contribution is 2.23. The van der Waals surface area contributed by atoms with Crippen molar-refractivity contribution in [1.29, 1.82) is 0 Å². The van der Waals surface area contributed by atoms with Crippen LogP contribution in [0.3, 0.4) is 0 Å². The van der Waals surface area contributed by atoms with E-state index in [1.54, 1.807) is 22.9 Å². The van der Waals surface area contributed by atoms with Gasteiger partial charge in [-0.15, -0.1) is 5.10 Å². The highest BCUT2D eigenvalue weighted by Gasteiger charge is 2.28. The maximum atomic E-state index is 13.1. The fraction of sp³-hybridized carbons (Fsp3) is 0.545. The van der Waals surface area contributed by atoms with Crippen LogP contribution in [0.5, 0.6) is 5.75 Å². The summed E-state index contributed by atoms with van der Waals surface area (Å²) in [5, 5.41) is 8.20. The molecule has 0 radical (unpaired) electrons. The minimum absolute atomic E-state index is 0.0501. The minimum atomic E-state index is -0.108. The van der Waals surface area contributed by atoms with Crippen LogP contribution in [0, 0.1) is 0 Å². The Hall–Kier alpha value is -2.94. The number of carbonyl (C=O) groups is 2. The quantitative estimate of drug-likeness (QED) is 0.699. The molecule has 0 spiro atoms. The molecule has 1 atom stereocenters. The predicted octanol–water partition coefficient (Wildman–Crippen LogP) is 1.84. The number of benzene rings is 1. The van der Waals surface area contributed by atoms with Gasteiger partial charge in [0.1, 0.15) is 5.75 Å². The summed E-state index contributed by atoms with van der Waals surface area (Å²) < 4.78 is 12.2. The molecule has 3 heterocycles. The highest BCUT2D eigenvalue weighted by atomic mass is 16.5. The Labute approximate surface area is 181 Å². The number of morpholine rings is 1. The smallest absolute Gasteiger partial charge is 0.276 e. The highest BCUT2D eigenvalue weighted by molar-refractivity contribution is 5.94. The number of methoxy groups -OCH3 is 1. The molecule has 9 nitrogen and oxygen atoms in total. The van der Waals surface area contributed by atoms with Crippen LogP contribution in [0.1, 0.15) is 46.5 Å². The third kappa shape index (κ3) is 5.04. The number of ether oxygens (including phenoxy) is 2. The number of rotatable bonds is 6. The third-order valence-corrected chi connectivity index (χ3v) is 5.97. The van der Waals surface area contributed by atoms with Crippen molar-refractivity contribution < 1.29 is 19.1 Å². The first-order chi connectivity index (χ1) is 15.2. The number of carbonyl (C=O) groups excluding carboxylic acids is 2. The van der Waals surface area contributed by atoms with Gasteiger partial charge in [0, 0.05) is 37.8 Å². The van der Waals surface area contributed by atoms with Crippen LogP contribution in [-0.2, 0) is 11.3 Å². The van der Waals surface area contributed by atoms with Gasteiger partial charge in [-0.25, -0.2) is 0 Å². The van der Waals surface area contributed by atoms with Crippen LogP contribution in [0.2, 0.25) is 0 Å². The fourth-order valence-electron chi connectivity index (χ4n) is 4.18. The predicted molar refractivity (Wildman–Crippen MR) is 113 cm³/mol. The zero-order valence-corrected chi connectivity index (χ0v) is 17.9. The molecular weight excluding hydrogens is 398 g/mol. The average Bonchev–Trinajstić information content (AvgIpc) is 3.31. The Kier molecular flexibility index (Phi) is 6.81. The number of hydrogen-bond acceptors (Lipinski definition) is 6. The molecule has 2 saturated heterocycles. The van der Waals surface area contributed by atoms with E-state index in [1.807, 2.05) is 29.2 Å². The van der Waals surface area contributed by atoms with Gasteiger partial charge in [-0.2, -0.15) is 0 Å². The van der Waals surface area contributed by atoms with Crippen molar-refractivity contribution in [2.45, 2.75) is 38.3 Å². The molecule has 4 rings (SSSR count). The monoisotopic (exact) mass is 427 g/mol. The standard InChI is InChI=1S/C22H29N5O4/c1-30-19-7-5-17(6-8-19)21(28)27-10-3-2-4-18(27)9-11-26-16-20(23-24-26)22(29)25-12-14-31-15-13-25/h5-8,16,18H,2-4,9-15H2,1H3. The van der Waals surface area contributed by atoms with E-state index < -0.39 is 0 Å². The molecule has 0 N–H and O–H groups in total. The minimum Gasteiger partial charge on any atom is -0.497 e. The molecule has 2 aromatic rings. The molecule has 2 aliphatic rings. The molecule has 1 unspecified atom stereocenters. The Balaban J connectivity index is 1.36. The van der Waals surface area contributed by atoms with Crippen LogP contribution < -0.4 is 4.74 Å². The SMILES string of the molecule is COc1ccc(C(=O)N2CCCCC2CCn2cc(C(=O)N3CCOCC3)nn2)cc1. The number of likely N-dealkylation sites (tertiary alicyclic amines) is 1. The van der Waals surface area contributed by atoms with Crippen LogP contribution in [0.15, 0.2) is 30.5 Å². The van der Waals surface area contributed by atoms with E-state index in [2.05, 4.69) is 10.3 Å². The summed E-state index contributed by atoms with van der Waals surface area (Å²) in [6.07, 6.45) is 5.57. The van der Waals surface area contributed by atoms with Crippen molar-refractivity contribution in [2.75, 3.05) is 40.0 Å². The second-order valence-corrected chi connectivity index (χ2v) is 7.94. The molecule has 1 aromatic heterocycles. The number of nitrogens with zero attached hydrogens (tertiary/aromatic N) is 5. The van der Waals surface area contributed by atoms with Crippen LogP contribution >= 0.6 is 0 Å². The second-order valence-electron chi connectivity index (χ2n) is 7.94. The summed E-state index contributed by atoms with van der Waals surface area (Å²) in [6, 6.07) is 7.40. The first-order valence-electron chi connectivity index (χ1n) is 10.9. The largest absolute Gasteiger partial charge is 0.497 e. The molecule has 31 heavy (non-hydrogen) atoms. The van der Waals surface area contributed by atoms with E-state index in [0.717, 1.165) is 38.0 Å². The summed E-state index contributed by atoms with van der Waals surface area (Å²) in [4.78, 5) is 29.4. The molecule has 9 heteroatoms. The maximum absolute atomic E-state index is 13.1. The number of aromatic nitrogens is 3. The molecule has 2 aliphatic heterocycles. The Morgan fingerprint density at radius 1 is 1.10 bits per heavy atom. The first kappa shape index (κ1) is 21.3. The summed E-state index contributed by atoms with van der Waals surface area (Å²) in [5.74, 6) is 0.679. The van der Waals surface area contributed by atoms with E-state index >= 15 is 0 Å².